The molecule has 0 bridgehead atoms. The molecule has 1 amide bonds. The molecule has 116 valence electrons. The van der Waals surface area contributed by atoms with E-state index in [-0.39, 0.29) is 18.1 Å². The van der Waals surface area contributed by atoms with Gasteiger partial charge in [-0.3, -0.25) is 4.79 Å². The van der Waals surface area contributed by atoms with Gasteiger partial charge in [-0.05, 0) is 30.7 Å². The van der Waals surface area contributed by atoms with Crippen molar-refractivity contribution < 1.29 is 9.18 Å². The molecule has 0 unspecified atom stereocenters. The van der Waals surface area contributed by atoms with Gasteiger partial charge in [0.05, 0.1) is 12.1 Å². The van der Waals surface area contributed by atoms with E-state index in [0.717, 1.165) is 11.3 Å². The van der Waals surface area contributed by atoms with E-state index in [1.165, 1.54) is 23.5 Å². The smallest absolute Gasteiger partial charge is 0.231 e. The van der Waals surface area contributed by atoms with Crippen LogP contribution in [0.2, 0.25) is 0 Å². The molecule has 1 aromatic heterocycles. The minimum absolute atomic E-state index is 0.112. The first-order valence-electron chi connectivity index (χ1n) is 7.17. The molecular weight excluding hydrogens is 311 g/mol. The van der Waals surface area contributed by atoms with Crippen LogP contribution in [0.1, 0.15) is 10.6 Å². The van der Waals surface area contributed by atoms with E-state index in [2.05, 4.69) is 10.3 Å². The van der Waals surface area contributed by atoms with E-state index in [0.29, 0.717) is 16.3 Å². The van der Waals surface area contributed by atoms with Crippen molar-refractivity contribution in [3.8, 4) is 11.3 Å². The zero-order valence-electron chi connectivity index (χ0n) is 12.5. The molecule has 1 heterocycles. The second-order valence-corrected chi connectivity index (χ2v) is 6.12. The number of carbonyl (C=O) groups is 1. The molecule has 23 heavy (non-hydrogen) atoms. The van der Waals surface area contributed by atoms with Crippen molar-refractivity contribution >= 4 is 22.9 Å². The zero-order valence-corrected chi connectivity index (χ0v) is 13.4. The summed E-state index contributed by atoms with van der Waals surface area (Å²) in [5.41, 5.74) is 3.22. The first-order chi connectivity index (χ1) is 11.1. The molecule has 0 fully saturated rings. The average Bonchev–Trinajstić information content (AvgIpc) is 2.98. The Morgan fingerprint density at radius 3 is 2.83 bits per heavy atom. The lowest BCUT2D eigenvalue weighted by molar-refractivity contribution is -0.115. The van der Waals surface area contributed by atoms with Gasteiger partial charge >= 0.3 is 0 Å². The number of para-hydroxylation sites is 1. The normalized spacial score (nSPS) is 10.5. The highest BCUT2D eigenvalue weighted by molar-refractivity contribution is 7.10. The number of nitrogens with one attached hydrogen (secondary N) is 1. The van der Waals surface area contributed by atoms with Crippen molar-refractivity contribution in [2.75, 3.05) is 5.32 Å². The van der Waals surface area contributed by atoms with Crippen LogP contribution in [0.25, 0.3) is 11.3 Å². The van der Waals surface area contributed by atoms with Gasteiger partial charge in [0, 0.05) is 16.6 Å². The third-order valence-corrected chi connectivity index (χ3v) is 4.25. The number of rotatable bonds is 4. The first kappa shape index (κ1) is 15.4. The van der Waals surface area contributed by atoms with Crippen LogP contribution in [-0.4, -0.2) is 10.9 Å². The Bertz CT molecular complexity index is 844. The summed E-state index contributed by atoms with van der Waals surface area (Å²) >= 11 is 1.40. The van der Waals surface area contributed by atoms with E-state index < -0.39 is 0 Å². The van der Waals surface area contributed by atoms with Crippen LogP contribution < -0.4 is 5.32 Å². The highest BCUT2D eigenvalue weighted by atomic mass is 32.1. The van der Waals surface area contributed by atoms with Crippen molar-refractivity contribution in [3.63, 3.8) is 0 Å². The molecule has 3 aromatic rings. The number of anilines is 1. The van der Waals surface area contributed by atoms with Gasteiger partial charge in [0.15, 0.2) is 0 Å². The maximum atomic E-state index is 13.3. The molecule has 0 spiro atoms. The third-order valence-electron chi connectivity index (χ3n) is 3.40. The molecule has 1 N–H and O–H groups in total. The number of amides is 1. The lowest BCUT2D eigenvalue weighted by Crippen LogP contribution is -2.14. The zero-order chi connectivity index (χ0) is 16.2. The number of aryl methyl sites for hydroxylation is 1. The summed E-state index contributed by atoms with van der Waals surface area (Å²) in [6.07, 6.45) is 0.203. The molecule has 0 atom stereocenters. The molecule has 2 aromatic carbocycles. The molecule has 0 aliphatic rings. The lowest BCUT2D eigenvalue weighted by Gasteiger charge is -2.06. The fourth-order valence-corrected chi connectivity index (χ4v) is 3.02. The highest BCUT2D eigenvalue weighted by Gasteiger charge is 2.10. The summed E-state index contributed by atoms with van der Waals surface area (Å²) < 4.78 is 13.3. The van der Waals surface area contributed by atoms with Gasteiger partial charge < -0.3 is 5.32 Å². The number of nitrogens with zero attached hydrogens (tertiary/aromatic N) is 1. The van der Waals surface area contributed by atoms with Gasteiger partial charge in [-0.25, -0.2) is 9.37 Å². The van der Waals surface area contributed by atoms with E-state index >= 15 is 0 Å². The lowest BCUT2D eigenvalue weighted by atomic mass is 10.2. The second kappa shape index (κ2) is 6.71. The SMILES string of the molecule is Cc1ccccc1NC(=O)Cc1nc(-c2cccc(F)c2)cs1. The fourth-order valence-electron chi connectivity index (χ4n) is 2.22. The van der Waals surface area contributed by atoms with E-state index in [4.69, 9.17) is 0 Å². The predicted molar refractivity (Wildman–Crippen MR) is 91.0 cm³/mol. The number of benzene rings is 2. The van der Waals surface area contributed by atoms with Gasteiger partial charge in [0.1, 0.15) is 10.8 Å². The number of halogens is 1. The molecule has 3 nitrogen and oxygen atoms in total. The Hall–Kier alpha value is -2.53. The van der Waals surface area contributed by atoms with Crippen molar-refractivity contribution in [3.05, 3.63) is 70.3 Å². The molecule has 3 rings (SSSR count). The van der Waals surface area contributed by atoms with Crippen molar-refractivity contribution in [1.29, 1.82) is 0 Å². The Morgan fingerprint density at radius 1 is 1.22 bits per heavy atom. The fraction of sp³-hybridized carbons (Fsp3) is 0.111. The Labute approximate surface area is 137 Å². The Morgan fingerprint density at radius 2 is 2.04 bits per heavy atom. The Balaban J connectivity index is 1.69. The minimum atomic E-state index is -0.297. The van der Waals surface area contributed by atoms with Crippen LogP contribution in [0.15, 0.2) is 53.9 Å². The van der Waals surface area contributed by atoms with Gasteiger partial charge in [-0.15, -0.1) is 11.3 Å². The standard InChI is InChI=1S/C18H15FN2OS/c1-12-5-2-3-8-15(12)20-17(22)10-18-21-16(11-23-18)13-6-4-7-14(19)9-13/h2-9,11H,10H2,1H3,(H,20,22). The number of aromatic nitrogens is 1. The molecule has 0 aliphatic carbocycles. The number of thiazole rings is 1. The molecule has 5 heteroatoms. The van der Waals surface area contributed by atoms with Gasteiger partial charge in [-0.2, -0.15) is 0 Å². The number of carbonyl (C=O) groups excluding carboxylic acids is 1. The van der Waals surface area contributed by atoms with E-state index in [1.807, 2.05) is 36.6 Å². The minimum Gasteiger partial charge on any atom is -0.325 e. The van der Waals surface area contributed by atoms with Crippen molar-refractivity contribution in [2.24, 2.45) is 0 Å². The molecule has 0 radical (unpaired) electrons. The van der Waals surface area contributed by atoms with Crippen LogP contribution in [-0.2, 0) is 11.2 Å². The Kier molecular flexibility index (Phi) is 4.48. The van der Waals surface area contributed by atoms with Crippen molar-refractivity contribution in [2.45, 2.75) is 13.3 Å². The quantitative estimate of drug-likeness (QED) is 0.770. The predicted octanol–water partition coefficient (Wildman–Crippen LogP) is 4.44. The molecule has 0 aliphatic heterocycles. The molecular formula is C18H15FN2OS. The molecule has 0 saturated heterocycles. The first-order valence-corrected chi connectivity index (χ1v) is 8.05. The number of hydrogen-bond acceptors (Lipinski definition) is 3. The molecule has 0 saturated carbocycles. The summed E-state index contributed by atoms with van der Waals surface area (Å²) in [4.78, 5) is 16.5. The summed E-state index contributed by atoms with van der Waals surface area (Å²) in [5, 5.41) is 5.43. The van der Waals surface area contributed by atoms with Crippen LogP contribution >= 0.6 is 11.3 Å². The summed E-state index contributed by atoms with van der Waals surface area (Å²) in [6, 6.07) is 13.9. The maximum absolute atomic E-state index is 13.3. The summed E-state index contributed by atoms with van der Waals surface area (Å²) in [5.74, 6) is -0.409. The van der Waals surface area contributed by atoms with Crippen LogP contribution in [0.5, 0.6) is 0 Å². The van der Waals surface area contributed by atoms with Gasteiger partial charge in [0.2, 0.25) is 5.91 Å². The monoisotopic (exact) mass is 326 g/mol. The van der Waals surface area contributed by atoms with Crippen LogP contribution in [0.3, 0.4) is 0 Å². The van der Waals surface area contributed by atoms with Crippen LogP contribution in [0, 0.1) is 12.7 Å². The largest absolute Gasteiger partial charge is 0.325 e. The van der Waals surface area contributed by atoms with Gasteiger partial charge in [0.25, 0.3) is 0 Å². The summed E-state index contributed by atoms with van der Waals surface area (Å²) in [6.45, 7) is 1.95. The van der Waals surface area contributed by atoms with Crippen molar-refractivity contribution in [1.82, 2.24) is 4.98 Å². The highest BCUT2D eigenvalue weighted by Crippen LogP contribution is 2.23. The topological polar surface area (TPSA) is 42.0 Å². The van der Waals surface area contributed by atoms with Gasteiger partial charge in [-0.1, -0.05) is 30.3 Å². The van der Waals surface area contributed by atoms with Crippen LogP contribution in [0.4, 0.5) is 10.1 Å². The van der Waals surface area contributed by atoms with E-state index in [1.54, 1.807) is 12.1 Å². The summed E-state index contributed by atoms with van der Waals surface area (Å²) in [7, 11) is 0. The van der Waals surface area contributed by atoms with E-state index in [9.17, 15) is 9.18 Å². The second-order valence-electron chi connectivity index (χ2n) is 5.18. The average molecular weight is 326 g/mol. The third kappa shape index (κ3) is 3.81. The maximum Gasteiger partial charge on any atom is 0.231 e. The number of hydrogen-bond donors (Lipinski definition) is 1.